The van der Waals surface area contributed by atoms with Gasteiger partial charge in [0, 0.05) is 31.1 Å². The summed E-state index contributed by atoms with van der Waals surface area (Å²) in [4.78, 5) is 43.7. The van der Waals surface area contributed by atoms with E-state index in [2.05, 4.69) is 20.6 Å². The third-order valence-corrected chi connectivity index (χ3v) is 4.91. The molecule has 2 heterocycles. The van der Waals surface area contributed by atoms with Gasteiger partial charge in [0.2, 0.25) is 18.2 Å². The van der Waals surface area contributed by atoms with E-state index in [0.717, 1.165) is 22.4 Å². The van der Waals surface area contributed by atoms with Crippen molar-refractivity contribution in [3.63, 3.8) is 0 Å². The van der Waals surface area contributed by atoms with Crippen LogP contribution in [-0.4, -0.2) is 41.8 Å². The first-order valence-corrected chi connectivity index (χ1v) is 9.59. The number of rotatable bonds is 7. The lowest BCUT2D eigenvalue weighted by Gasteiger charge is -2.14. The third kappa shape index (κ3) is 5.02. The Hall–Kier alpha value is -3.59. The molecule has 2 aromatic heterocycles. The predicted molar refractivity (Wildman–Crippen MR) is 113 cm³/mol. The lowest BCUT2D eigenvalue weighted by molar-refractivity contribution is -0.118. The first kappa shape index (κ1) is 20.2. The Morgan fingerprint density at radius 1 is 1.17 bits per heavy atom. The fourth-order valence-electron chi connectivity index (χ4n) is 2.56. The maximum absolute atomic E-state index is 11.7. The Kier molecular flexibility index (Phi) is 6.30. The van der Waals surface area contributed by atoms with Crippen LogP contribution in [0.3, 0.4) is 0 Å². The van der Waals surface area contributed by atoms with Gasteiger partial charge in [0.05, 0.1) is 12.2 Å². The number of amides is 3. The van der Waals surface area contributed by atoms with Gasteiger partial charge in [-0.1, -0.05) is 18.2 Å². The highest BCUT2D eigenvalue weighted by atomic mass is 32.1. The standard InChI is InChI=1S/C20H19N5O3S/c1-13(27)25(2)18-9-15(6-7-22-18)14-4-3-5-16(8-14)17-11-29-20(23-17)24-19(28)10-21-12-26/h3-9,11-12H,10H2,1-2H3,(H,21,26)(H,23,24,28). The van der Waals surface area contributed by atoms with Crippen LogP contribution < -0.4 is 15.5 Å². The second kappa shape index (κ2) is 9.07. The SMILES string of the molecule is CC(=O)N(C)c1cc(-c2cccc(-c3csc(NC(=O)CNC=O)n3)c2)ccn1. The van der Waals surface area contributed by atoms with Crippen LogP contribution in [0.15, 0.2) is 48.0 Å². The molecule has 3 aromatic rings. The lowest BCUT2D eigenvalue weighted by Crippen LogP contribution is -2.26. The topological polar surface area (TPSA) is 104 Å². The van der Waals surface area contributed by atoms with Crippen molar-refractivity contribution in [2.45, 2.75) is 6.92 Å². The Labute approximate surface area is 171 Å². The van der Waals surface area contributed by atoms with Crippen LogP contribution in [0, 0.1) is 0 Å². The zero-order chi connectivity index (χ0) is 20.8. The predicted octanol–water partition coefficient (Wildman–Crippen LogP) is 2.54. The highest BCUT2D eigenvalue weighted by Crippen LogP contribution is 2.29. The number of hydrogen-bond donors (Lipinski definition) is 2. The quantitative estimate of drug-likeness (QED) is 0.584. The average molecular weight is 409 g/mol. The summed E-state index contributed by atoms with van der Waals surface area (Å²) in [6.07, 6.45) is 2.14. The molecule has 0 aliphatic rings. The molecule has 0 saturated heterocycles. The van der Waals surface area contributed by atoms with E-state index >= 15 is 0 Å². The maximum atomic E-state index is 11.7. The van der Waals surface area contributed by atoms with E-state index in [4.69, 9.17) is 0 Å². The second-order valence-electron chi connectivity index (χ2n) is 6.15. The minimum Gasteiger partial charge on any atom is -0.350 e. The normalized spacial score (nSPS) is 10.3. The van der Waals surface area contributed by atoms with Crippen molar-refractivity contribution in [2.24, 2.45) is 0 Å². The Morgan fingerprint density at radius 2 is 1.93 bits per heavy atom. The van der Waals surface area contributed by atoms with Crippen molar-refractivity contribution >= 4 is 40.5 Å². The van der Waals surface area contributed by atoms with Crippen LogP contribution in [0.5, 0.6) is 0 Å². The smallest absolute Gasteiger partial charge is 0.245 e. The fourth-order valence-corrected chi connectivity index (χ4v) is 3.30. The number of aromatic nitrogens is 2. The van der Waals surface area contributed by atoms with Crippen LogP contribution in [0.25, 0.3) is 22.4 Å². The molecule has 0 spiro atoms. The number of carbonyl (C=O) groups excluding carboxylic acids is 3. The van der Waals surface area contributed by atoms with E-state index in [0.29, 0.717) is 17.4 Å². The number of pyridine rings is 1. The van der Waals surface area contributed by atoms with E-state index in [1.165, 1.54) is 23.2 Å². The zero-order valence-electron chi connectivity index (χ0n) is 15.9. The summed E-state index contributed by atoms with van der Waals surface area (Å²) < 4.78 is 0. The van der Waals surface area contributed by atoms with Gasteiger partial charge in [-0.25, -0.2) is 9.97 Å². The molecule has 0 saturated carbocycles. The Morgan fingerprint density at radius 3 is 2.69 bits per heavy atom. The molecule has 3 amide bonds. The van der Waals surface area contributed by atoms with E-state index in [9.17, 15) is 14.4 Å². The lowest BCUT2D eigenvalue weighted by atomic mass is 10.0. The average Bonchev–Trinajstić information content (AvgIpc) is 3.20. The van der Waals surface area contributed by atoms with Crippen molar-refractivity contribution in [1.82, 2.24) is 15.3 Å². The van der Waals surface area contributed by atoms with Gasteiger partial charge in [-0.2, -0.15) is 0 Å². The molecule has 8 nitrogen and oxygen atoms in total. The summed E-state index contributed by atoms with van der Waals surface area (Å²) in [5.41, 5.74) is 3.50. The molecular weight excluding hydrogens is 390 g/mol. The highest BCUT2D eigenvalue weighted by Gasteiger charge is 2.11. The molecule has 0 unspecified atom stereocenters. The monoisotopic (exact) mass is 409 g/mol. The number of hydrogen-bond acceptors (Lipinski definition) is 6. The molecule has 1 aromatic carbocycles. The molecule has 0 bridgehead atoms. The molecule has 148 valence electrons. The van der Waals surface area contributed by atoms with Gasteiger partial charge in [-0.3, -0.25) is 14.4 Å². The number of anilines is 2. The summed E-state index contributed by atoms with van der Waals surface area (Å²) in [7, 11) is 1.68. The number of benzene rings is 1. The number of nitrogens with one attached hydrogen (secondary N) is 2. The summed E-state index contributed by atoms with van der Waals surface area (Å²) in [5.74, 6) is 0.137. The summed E-state index contributed by atoms with van der Waals surface area (Å²) >= 11 is 1.30. The summed E-state index contributed by atoms with van der Waals surface area (Å²) in [6, 6.07) is 11.5. The largest absolute Gasteiger partial charge is 0.350 e. The minimum absolute atomic E-state index is 0.0937. The van der Waals surface area contributed by atoms with Crippen molar-refractivity contribution in [3.05, 3.63) is 48.0 Å². The first-order chi connectivity index (χ1) is 14.0. The highest BCUT2D eigenvalue weighted by molar-refractivity contribution is 7.14. The van der Waals surface area contributed by atoms with Crippen molar-refractivity contribution in [2.75, 3.05) is 23.8 Å². The number of carbonyl (C=O) groups is 3. The molecule has 0 radical (unpaired) electrons. The van der Waals surface area contributed by atoms with Crippen molar-refractivity contribution in [1.29, 1.82) is 0 Å². The molecule has 0 aliphatic carbocycles. The van der Waals surface area contributed by atoms with E-state index in [1.807, 2.05) is 41.8 Å². The van der Waals surface area contributed by atoms with E-state index in [-0.39, 0.29) is 18.4 Å². The van der Waals surface area contributed by atoms with Gasteiger partial charge < -0.3 is 15.5 Å². The molecule has 9 heteroatoms. The maximum Gasteiger partial charge on any atom is 0.245 e. The fraction of sp³-hybridized carbons (Fsp3) is 0.150. The van der Waals surface area contributed by atoms with Gasteiger partial charge in [0.1, 0.15) is 5.82 Å². The zero-order valence-corrected chi connectivity index (χ0v) is 16.7. The Bertz CT molecular complexity index is 1050. The number of thiazole rings is 1. The van der Waals surface area contributed by atoms with Gasteiger partial charge >= 0.3 is 0 Å². The summed E-state index contributed by atoms with van der Waals surface area (Å²) in [5, 5.41) is 7.26. The number of nitrogens with zero attached hydrogens (tertiary/aromatic N) is 3. The molecular formula is C20H19N5O3S. The van der Waals surface area contributed by atoms with Crippen LogP contribution in [-0.2, 0) is 14.4 Å². The first-order valence-electron chi connectivity index (χ1n) is 8.71. The van der Waals surface area contributed by atoms with Gasteiger partial charge in [0.15, 0.2) is 5.13 Å². The van der Waals surface area contributed by atoms with E-state index < -0.39 is 0 Å². The third-order valence-electron chi connectivity index (χ3n) is 4.15. The van der Waals surface area contributed by atoms with Gasteiger partial charge in [-0.15, -0.1) is 11.3 Å². The molecule has 0 fully saturated rings. The molecule has 0 aliphatic heterocycles. The molecule has 3 rings (SSSR count). The second-order valence-corrected chi connectivity index (χ2v) is 7.00. The van der Waals surface area contributed by atoms with Crippen LogP contribution in [0.1, 0.15) is 6.92 Å². The van der Waals surface area contributed by atoms with Crippen LogP contribution in [0.2, 0.25) is 0 Å². The molecule has 29 heavy (non-hydrogen) atoms. The van der Waals surface area contributed by atoms with Gasteiger partial charge in [-0.05, 0) is 29.3 Å². The van der Waals surface area contributed by atoms with Crippen molar-refractivity contribution < 1.29 is 14.4 Å². The van der Waals surface area contributed by atoms with E-state index in [1.54, 1.807) is 13.2 Å². The molecule has 2 N–H and O–H groups in total. The van der Waals surface area contributed by atoms with Crippen molar-refractivity contribution in [3.8, 4) is 22.4 Å². The minimum atomic E-state index is -0.342. The van der Waals surface area contributed by atoms with Gasteiger partial charge in [0.25, 0.3) is 0 Å². The van der Waals surface area contributed by atoms with Crippen LogP contribution in [0.4, 0.5) is 10.9 Å². The summed E-state index contributed by atoms with van der Waals surface area (Å²) in [6.45, 7) is 1.38. The molecule has 0 atom stereocenters. The van der Waals surface area contributed by atoms with Crippen LogP contribution >= 0.6 is 11.3 Å². The Balaban J connectivity index is 1.82.